The predicted molar refractivity (Wildman–Crippen MR) is 67.8 cm³/mol. The van der Waals surface area contributed by atoms with Gasteiger partial charge in [0.25, 0.3) is 0 Å². The van der Waals surface area contributed by atoms with E-state index in [4.69, 9.17) is 0 Å². The van der Waals surface area contributed by atoms with Crippen molar-refractivity contribution in [3.63, 3.8) is 0 Å². The van der Waals surface area contributed by atoms with Gasteiger partial charge in [0.05, 0.1) is 0 Å². The van der Waals surface area contributed by atoms with Crippen molar-refractivity contribution in [1.29, 1.82) is 0 Å². The Bertz CT molecular complexity index is 67.7. The maximum absolute atomic E-state index is 4.04. The fourth-order valence-electron chi connectivity index (χ4n) is 0.229. The van der Waals surface area contributed by atoms with E-state index in [9.17, 15) is 0 Å². The second-order valence-corrected chi connectivity index (χ2v) is 3.58. The van der Waals surface area contributed by atoms with Crippen LogP contribution in [-0.4, -0.2) is 48.8 Å². The fourth-order valence-corrected chi connectivity index (χ4v) is 0.737. The van der Waals surface area contributed by atoms with Crippen LogP contribution in [0.15, 0.2) is 3.34 Å². The maximum Gasteiger partial charge on any atom is -0.162 e. The summed E-state index contributed by atoms with van der Waals surface area (Å²) in [7, 11) is 10.5. The molecule has 0 saturated carbocycles. The first-order valence-electron chi connectivity index (χ1n) is 4.91. The van der Waals surface area contributed by atoms with Crippen LogP contribution in [0.25, 0.3) is 16.0 Å². The van der Waals surface area contributed by atoms with E-state index in [0.29, 0.717) is 0 Å². The van der Waals surface area contributed by atoms with Gasteiger partial charge in [0.1, 0.15) is 0 Å². The standard InChI is InChI=1S/C4H9N.3C2H6N.Ta/c1-2-3-4-5;3*1-3-2;/h2-4H2,1H3;3*1-2H3;/q;3*-1;. The molecule has 0 amide bonds. The van der Waals surface area contributed by atoms with Crippen LogP contribution >= 0.6 is 0 Å². The van der Waals surface area contributed by atoms with E-state index in [1.165, 1.54) is 33.7 Å². The number of nitrogens with zero attached hydrogens (tertiary/aromatic N) is 4. The van der Waals surface area contributed by atoms with Crippen molar-refractivity contribution < 1.29 is 20.9 Å². The molecular formula is C10H27N4Ta-3. The van der Waals surface area contributed by atoms with Crippen molar-refractivity contribution >= 4 is 0 Å². The Labute approximate surface area is 109 Å². The fraction of sp³-hybridized carbons (Fsp3) is 1.00. The topological polar surface area (TPSA) is 54.7 Å². The molecule has 0 aromatic rings. The number of rotatable bonds is 3. The Morgan fingerprint density at radius 2 is 1.13 bits per heavy atom. The van der Waals surface area contributed by atoms with E-state index < -0.39 is 0 Å². The zero-order valence-electron chi connectivity index (χ0n) is 11.4. The quantitative estimate of drug-likeness (QED) is 0.670. The smallest absolute Gasteiger partial charge is 0.162 e. The molecule has 0 spiro atoms. The molecule has 0 aliphatic carbocycles. The molecule has 0 saturated heterocycles. The first kappa shape index (κ1) is 24.6. The third kappa shape index (κ3) is 190. The number of hydrogen-bond donors (Lipinski definition) is 0. The minimum atomic E-state index is 1.09. The molecule has 0 radical (unpaired) electrons. The molecule has 0 aliphatic rings. The normalized spacial score (nSPS) is 6.80. The van der Waals surface area contributed by atoms with Gasteiger partial charge in [-0.3, -0.25) is 0 Å². The third-order valence-electron chi connectivity index (χ3n) is 0.612. The number of unbranched alkanes of at least 4 members (excludes halogenated alkanes) is 1. The van der Waals surface area contributed by atoms with Crippen molar-refractivity contribution in [1.82, 2.24) is 0 Å². The number of hydrogen-bond acceptors (Lipinski definition) is 1. The minimum Gasteiger partial charge on any atom is -0.668 e. The van der Waals surface area contributed by atoms with Crippen LogP contribution in [0.3, 0.4) is 0 Å². The Balaban J connectivity index is -0.0000000581. The summed E-state index contributed by atoms with van der Waals surface area (Å²) < 4.78 is 4.04. The van der Waals surface area contributed by atoms with Gasteiger partial charge in [-0.2, -0.15) is 42.3 Å². The average Bonchev–Trinajstić information content (AvgIpc) is 2.18. The summed E-state index contributed by atoms with van der Waals surface area (Å²) in [6.45, 7) is 3.27. The van der Waals surface area contributed by atoms with Crippen molar-refractivity contribution in [2.24, 2.45) is 3.34 Å². The molecule has 95 valence electrons. The van der Waals surface area contributed by atoms with Crippen LogP contribution in [-0.2, 0) is 20.9 Å². The summed E-state index contributed by atoms with van der Waals surface area (Å²) in [6.07, 6.45) is 2.55. The molecule has 0 bridgehead atoms. The summed E-state index contributed by atoms with van der Waals surface area (Å²) in [4.78, 5) is 0. The Morgan fingerprint density at radius 1 is 0.867 bits per heavy atom. The van der Waals surface area contributed by atoms with Gasteiger partial charge in [-0.1, -0.05) is 0 Å². The van der Waals surface area contributed by atoms with E-state index in [-0.39, 0.29) is 0 Å². The largest absolute Gasteiger partial charge is 0.668 e. The SMILES string of the molecule is CCCC[N]=[Ta].C[N-]C.C[N-]C.C[N-]C. The van der Waals surface area contributed by atoms with Gasteiger partial charge in [0, 0.05) is 0 Å². The van der Waals surface area contributed by atoms with E-state index in [0.717, 1.165) is 6.54 Å². The Kier molecular flexibility index (Phi) is 77.3. The van der Waals surface area contributed by atoms with Gasteiger partial charge in [0.2, 0.25) is 0 Å². The first-order chi connectivity index (χ1) is 7.16. The van der Waals surface area contributed by atoms with Crippen molar-refractivity contribution in [3.8, 4) is 0 Å². The van der Waals surface area contributed by atoms with E-state index >= 15 is 0 Å². The summed E-state index contributed by atoms with van der Waals surface area (Å²) in [5.74, 6) is 0. The summed E-state index contributed by atoms with van der Waals surface area (Å²) in [5, 5.41) is 10.5. The van der Waals surface area contributed by atoms with Gasteiger partial charge < -0.3 is 16.0 Å². The molecule has 5 heteroatoms. The van der Waals surface area contributed by atoms with Crippen LogP contribution in [0, 0.1) is 0 Å². The van der Waals surface area contributed by atoms with Crippen LogP contribution < -0.4 is 0 Å². The summed E-state index contributed by atoms with van der Waals surface area (Å²) in [6, 6.07) is 0. The van der Waals surface area contributed by atoms with Crippen LogP contribution in [0.5, 0.6) is 0 Å². The Hall–Kier alpha value is 0.420. The van der Waals surface area contributed by atoms with Gasteiger partial charge in [-0.15, -0.1) is 0 Å². The molecule has 0 aromatic heterocycles. The van der Waals surface area contributed by atoms with Gasteiger partial charge in [-0.05, 0) is 0 Å². The van der Waals surface area contributed by atoms with E-state index in [1.807, 2.05) is 0 Å². The second kappa shape index (κ2) is 47.2. The molecule has 0 fully saturated rings. The van der Waals surface area contributed by atoms with Gasteiger partial charge in [0.15, 0.2) is 0 Å². The zero-order chi connectivity index (χ0) is 12.9. The average molecular weight is 384 g/mol. The van der Waals surface area contributed by atoms with E-state index in [2.05, 4.69) is 26.2 Å². The minimum absolute atomic E-state index is 1.09. The zero-order valence-corrected chi connectivity index (χ0v) is 14.6. The van der Waals surface area contributed by atoms with Crippen LogP contribution in [0.1, 0.15) is 19.8 Å². The van der Waals surface area contributed by atoms with Gasteiger partial charge in [-0.25, -0.2) is 0 Å². The molecule has 0 aliphatic heterocycles. The maximum atomic E-state index is 4.04. The molecule has 0 N–H and O–H groups in total. The van der Waals surface area contributed by atoms with Crippen LogP contribution in [0.2, 0.25) is 0 Å². The van der Waals surface area contributed by atoms with E-state index in [1.54, 1.807) is 42.3 Å². The molecule has 0 atom stereocenters. The first-order valence-corrected chi connectivity index (χ1v) is 6.34. The molecule has 15 heavy (non-hydrogen) atoms. The van der Waals surface area contributed by atoms with Gasteiger partial charge >= 0.3 is 50.5 Å². The van der Waals surface area contributed by atoms with Crippen molar-refractivity contribution in [2.45, 2.75) is 19.8 Å². The summed E-state index contributed by atoms with van der Waals surface area (Å²) in [5.41, 5.74) is 0. The molecule has 0 rings (SSSR count). The third-order valence-corrected chi connectivity index (χ3v) is 1.33. The summed E-state index contributed by atoms with van der Waals surface area (Å²) >= 11 is 1.19. The predicted octanol–water partition coefficient (Wildman–Crippen LogP) is 3.38. The Morgan fingerprint density at radius 3 is 1.20 bits per heavy atom. The monoisotopic (exact) mass is 384 g/mol. The van der Waals surface area contributed by atoms with Crippen LogP contribution in [0.4, 0.5) is 0 Å². The van der Waals surface area contributed by atoms with Crippen molar-refractivity contribution in [3.05, 3.63) is 16.0 Å². The molecule has 4 nitrogen and oxygen atoms in total. The molecule has 0 aromatic carbocycles. The molecular weight excluding hydrogens is 357 g/mol. The molecule has 0 heterocycles. The molecule has 0 unspecified atom stereocenters. The van der Waals surface area contributed by atoms with Crippen molar-refractivity contribution in [2.75, 3.05) is 48.8 Å². The second-order valence-electron chi connectivity index (χ2n) is 2.56.